The molecule has 1 atom stereocenters. The summed E-state index contributed by atoms with van der Waals surface area (Å²) in [5, 5.41) is 2.93. The van der Waals surface area contributed by atoms with Gasteiger partial charge in [-0.1, -0.05) is 44.4 Å². The standard InChI is InChI=1S/C24H34N4O5/c1-5-18(17-11-7-8-12-19(17)33-16-21(30)26(2)3)25-20(29)15-28-22(31)24(27(4)23(28)32)13-9-6-10-14-24/h7-8,11-12,18H,5-6,9-10,13-16H2,1-4H3,(H,25,29). The van der Waals surface area contributed by atoms with Crippen molar-refractivity contribution in [2.24, 2.45) is 0 Å². The van der Waals surface area contributed by atoms with Crippen LogP contribution in [-0.4, -0.2) is 78.3 Å². The monoisotopic (exact) mass is 458 g/mol. The van der Waals surface area contributed by atoms with E-state index in [1.165, 1.54) is 9.80 Å². The highest BCUT2D eigenvalue weighted by atomic mass is 16.5. The summed E-state index contributed by atoms with van der Waals surface area (Å²) in [7, 11) is 4.96. The lowest BCUT2D eigenvalue weighted by molar-refractivity contribution is -0.137. The van der Waals surface area contributed by atoms with Gasteiger partial charge in [0.2, 0.25) is 5.91 Å². The molecule has 9 nitrogen and oxygen atoms in total. The van der Waals surface area contributed by atoms with Crippen LogP contribution in [0.5, 0.6) is 5.75 Å². The molecule has 3 rings (SSSR count). The number of hydrogen-bond donors (Lipinski definition) is 1. The summed E-state index contributed by atoms with van der Waals surface area (Å²) in [4.78, 5) is 54.8. The molecule has 2 fully saturated rings. The zero-order valence-electron chi connectivity index (χ0n) is 19.9. The molecule has 0 bridgehead atoms. The van der Waals surface area contributed by atoms with Crippen molar-refractivity contribution in [1.29, 1.82) is 0 Å². The van der Waals surface area contributed by atoms with E-state index >= 15 is 0 Å². The van der Waals surface area contributed by atoms with Gasteiger partial charge in [0, 0.05) is 26.7 Å². The number of para-hydroxylation sites is 1. The van der Waals surface area contributed by atoms with Gasteiger partial charge in [-0.15, -0.1) is 0 Å². The fourth-order valence-electron chi connectivity index (χ4n) is 4.62. The number of amides is 5. The van der Waals surface area contributed by atoms with E-state index in [0.717, 1.165) is 29.7 Å². The number of nitrogens with zero attached hydrogens (tertiary/aromatic N) is 3. The first-order valence-corrected chi connectivity index (χ1v) is 11.5. The molecule has 1 aliphatic heterocycles. The minimum atomic E-state index is -0.806. The van der Waals surface area contributed by atoms with Crippen LogP contribution in [0.15, 0.2) is 24.3 Å². The Morgan fingerprint density at radius 2 is 1.82 bits per heavy atom. The zero-order valence-corrected chi connectivity index (χ0v) is 19.9. The Balaban J connectivity index is 1.69. The lowest BCUT2D eigenvalue weighted by Gasteiger charge is -2.35. The third-order valence-electron chi connectivity index (χ3n) is 6.67. The molecule has 0 aromatic heterocycles. The molecule has 5 amide bonds. The third kappa shape index (κ3) is 4.96. The molecule has 1 N–H and O–H groups in total. The van der Waals surface area contributed by atoms with E-state index in [4.69, 9.17) is 4.74 Å². The van der Waals surface area contributed by atoms with E-state index in [-0.39, 0.29) is 25.0 Å². The molecule has 9 heteroatoms. The van der Waals surface area contributed by atoms with Gasteiger partial charge in [-0.2, -0.15) is 0 Å². The number of imide groups is 1. The van der Waals surface area contributed by atoms with Gasteiger partial charge in [0.25, 0.3) is 11.8 Å². The van der Waals surface area contributed by atoms with Crippen molar-refractivity contribution in [3.8, 4) is 5.75 Å². The SMILES string of the molecule is CCC(NC(=O)CN1C(=O)N(C)C2(CCCCC2)C1=O)c1ccccc1OCC(=O)N(C)C. The van der Waals surface area contributed by atoms with Crippen LogP contribution in [0.1, 0.15) is 57.1 Å². The first kappa shape index (κ1) is 24.5. The Labute approximate surface area is 195 Å². The Kier molecular flexibility index (Phi) is 7.61. The van der Waals surface area contributed by atoms with Crippen LogP contribution in [0.3, 0.4) is 0 Å². The molecule has 1 aliphatic carbocycles. The van der Waals surface area contributed by atoms with E-state index in [9.17, 15) is 19.2 Å². The highest BCUT2D eigenvalue weighted by Gasteiger charge is 2.55. The number of ether oxygens (including phenoxy) is 1. The number of hydrogen-bond acceptors (Lipinski definition) is 5. The van der Waals surface area contributed by atoms with Crippen molar-refractivity contribution in [1.82, 2.24) is 20.0 Å². The maximum atomic E-state index is 13.1. The van der Waals surface area contributed by atoms with E-state index in [0.29, 0.717) is 25.0 Å². The predicted molar refractivity (Wildman–Crippen MR) is 122 cm³/mol. The van der Waals surface area contributed by atoms with Gasteiger partial charge in [-0.05, 0) is 25.3 Å². The summed E-state index contributed by atoms with van der Waals surface area (Å²) in [5.41, 5.74) is -0.0704. The number of benzene rings is 1. The number of urea groups is 1. The largest absolute Gasteiger partial charge is 0.483 e. The van der Waals surface area contributed by atoms with Gasteiger partial charge in [0.15, 0.2) is 6.61 Å². The summed E-state index contributed by atoms with van der Waals surface area (Å²) in [6.07, 6.45) is 4.69. The minimum absolute atomic E-state index is 0.112. The van der Waals surface area contributed by atoms with Crippen molar-refractivity contribution < 1.29 is 23.9 Å². The molecule has 1 aromatic carbocycles. The van der Waals surface area contributed by atoms with Crippen molar-refractivity contribution in [2.75, 3.05) is 34.3 Å². The predicted octanol–water partition coefficient (Wildman–Crippen LogP) is 2.32. The highest BCUT2D eigenvalue weighted by molar-refractivity contribution is 6.09. The molecule has 33 heavy (non-hydrogen) atoms. The number of carbonyl (C=O) groups excluding carboxylic acids is 4. The summed E-state index contributed by atoms with van der Waals surface area (Å²) in [6.45, 7) is 1.49. The first-order chi connectivity index (χ1) is 15.7. The van der Waals surface area contributed by atoms with Crippen LogP contribution in [-0.2, 0) is 14.4 Å². The van der Waals surface area contributed by atoms with E-state index in [2.05, 4.69) is 5.32 Å². The fraction of sp³-hybridized carbons (Fsp3) is 0.583. The molecule has 1 unspecified atom stereocenters. The molecule has 1 spiro atoms. The maximum Gasteiger partial charge on any atom is 0.327 e. The highest BCUT2D eigenvalue weighted by Crippen LogP contribution is 2.39. The summed E-state index contributed by atoms with van der Waals surface area (Å²) >= 11 is 0. The fourth-order valence-corrected chi connectivity index (χ4v) is 4.62. The lowest BCUT2D eigenvalue weighted by atomic mass is 9.81. The molecule has 1 heterocycles. The number of nitrogens with one attached hydrogen (secondary N) is 1. The number of likely N-dealkylation sites (N-methyl/N-ethyl adjacent to an activating group) is 2. The maximum absolute atomic E-state index is 13.1. The van der Waals surface area contributed by atoms with Crippen molar-refractivity contribution in [3.63, 3.8) is 0 Å². The molecule has 180 valence electrons. The van der Waals surface area contributed by atoms with Crippen LogP contribution in [0, 0.1) is 0 Å². The molecule has 2 aliphatic rings. The minimum Gasteiger partial charge on any atom is -0.483 e. The second-order valence-corrected chi connectivity index (χ2v) is 8.97. The first-order valence-electron chi connectivity index (χ1n) is 11.5. The average Bonchev–Trinajstić information content (AvgIpc) is 2.98. The summed E-state index contributed by atoms with van der Waals surface area (Å²) < 4.78 is 5.71. The van der Waals surface area contributed by atoms with Crippen molar-refractivity contribution in [2.45, 2.75) is 57.0 Å². The van der Waals surface area contributed by atoms with E-state index in [1.54, 1.807) is 33.3 Å². The van der Waals surface area contributed by atoms with Gasteiger partial charge >= 0.3 is 6.03 Å². The average molecular weight is 459 g/mol. The Morgan fingerprint density at radius 3 is 2.45 bits per heavy atom. The van der Waals surface area contributed by atoms with Gasteiger partial charge in [0.1, 0.15) is 17.8 Å². The smallest absolute Gasteiger partial charge is 0.327 e. The molecular formula is C24H34N4O5. The summed E-state index contributed by atoms with van der Waals surface area (Å²) in [5.74, 6) is -0.351. The van der Waals surface area contributed by atoms with E-state index in [1.807, 2.05) is 19.1 Å². The Morgan fingerprint density at radius 1 is 1.15 bits per heavy atom. The molecule has 0 radical (unpaired) electrons. The van der Waals surface area contributed by atoms with E-state index < -0.39 is 23.5 Å². The zero-order chi connectivity index (χ0) is 24.2. The lowest BCUT2D eigenvalue weighted by Crippen LogP contribution is -2.49. The molecule has 1 saturated carbocycles. The number of rotatable bonds is 8. The topological polar surface area (TPSA) is 99.3 Å². The van der Waals surface area contributed by atoms with Crippen LogP contribution in [0.2, 0.25) is 0 Å². The van der Waals surface area contributed by atoms with Crippen LogP contribution in [0.25, 0.3) is 0 Å². The van der Waals surface area contributed by atoms with Gasteiger partial charge < -0.3 is 19.9 Å². The Bertz CT molecular complexity index is 910. The Hall–Kier alpha value is -3.10. The molecule has 1 saturated heterocycles. The second-order valence-electron chi connectivity index (χ2n) is 8.97. The van der Waals surface area contributed by atoms with Crippen molar-refractivity contribution in [3.05, 3.63) is 29.8 Å². The van der Waals surface area contributed by atoms with Crippen LogP contribution < -0.4 is 10.1 Å². The van der Waals surface area contributed by atoms with Gasteiger partial charge in [-0.3, -0.25) is 19.3 Å². The number of carbonyl (C=O) groups is 4. The molecular weight excluding hydrogens is 424 g/mol. The van der Waals surface area contributed by atoms with Gasteiger partial charge in [-0.25, -0.2) is 4.79 Å². The van der Waals surface area contributed by atoms with Crippen LogP contribution in [0.4, 0.5) is 4.79 Å². The van der Waals surface area contributed by atoms with Crippen LogP contribution >= 0.6 is 0 Å². The third-order valence-corrected chi connectivity index (χ3v) is 6.67. The quantitative estimate of drug-likeness (QED) is 0.603. The molecule has 1 aromatic rings. The van der Waals surface area contributed by atoms with Gasteiger partial charge in [0.05, 0.1) is 6.04 Å². The second kappa shape index (κ2) is 10.2. The normalized spacial score (nSPS) is 18.4. The summed E-state index contributed by atoms with van der Waals surface area (Å²) in [6, 6.07) is 6.41. The van der Waals surface area contributed by atoms with Crippen molar-refractivity contribution >= 4 is 23.8 Å².